The first kappa shape index (κ1) is 15.6. The number of hydrogen-bond donors (Lipinski definition) is 1. The van der Waals surface area contributed by atoms with Crippen molar-refractivity contribution in [3.8, 4) is 5.75 Å². The molecule has 0 atom stereocenters. The molecule has 0 aliphatic carbocycles. The Morgan fingerprint density at radius 2 is 1.81 bits per heavy atom. The van der Waals surface area contributed by atoms with Crippen LogP contribution in [0.4, 0.5) is 5.69 Å². The van der Waals surface area contributed by atoms with Crippen LogP contribution in [0.5, 0.6) is 5.75 Å². The molecule has 0 aliphatic heterocycles. The maximum Gasteiger partial charge on any atom is 0.256 e. The number of benzene rings is 2. The lowest BCUT2D eigenvalue weighted by Gasteiger charge is -2.14. The molecule has 0 aliphatic rings. The highest BCUT2D eigenvalue weighted by Crippen LogP contribution is 2.26. The third-order valence-electron chi connectivity index (χ3n) is 2.83. The third kappa shape index (κ3) is 4.33. The van der Waals surface area contributed by atoms with Gasteiger partial charge < -0.3 is 10.1 Å². The summed E-state index contributed by atoms with van der Waals surface area (Å²) in [7, 11) is 0. The van der Waals surface area contributed by atoms with Crippen LogP contribution in [0.3, 0.4) is 0 Å². The van der Waals surface area contributed by atoms with Crippen LogP contribution < -0.4 is 10.1 Å². The molecule has 1 amide bonds. The SMILES string of the molecule is CC(C)COc1ccccc1NC(=O)c1ccccc1Br. The van der Waals surface area contributed by atoms with Crippen LogP contribution in [0.15, 0.2) is 53.0 Å². The zero-order valence-electron chi connectivity index (χ0n) is 12.1. The van der Waals surface area contributed by atoms with Crippen molar-refractivity contribution in [3.63, 3.8) is 0 Å². The van der Waals surface area contributed by atoms with Gasteiger partial charge in [-0.3, -0.25) is 4.79 Å². The molecule has 0 fully saturated rings. The van der Waals surface area contributed by atoms with Crippen molar-refractivity contribution in [2.75, 3.05) is 11.9 Å². The standard InChI is InChI=1S/C17H18BrNO2/c1-12(2)11-21-16-10-6-5-9-15(16)19-17(20)13-7-3-4-8-14(13)18/h3-10,12H,11H2,1-2H3,(H,19,20). The molecular formula is C17H18BrNO2. The van der Waals surface area contributed by atoms with E-state index in [9.17, 15) is 4.79 Å². The fourth-order valence-corrected chi connectivity index (χ4v) is 2.25. The molecule has 1 N–H and O–H groups in total. The lowest BCUT2D eigenvalue weighted by atomic mass is 10.2. The maximum absolute atomic E-state index is 12.3. The number of carbonyl (C=O) groups is 1. The van der Waals surface area contributed by atoms with E-state index in [-0.39, 0.29) is 5.91 Å². The topological polar surface area (TPSA) is 38.3 Å². The Hall–Kier alpha value is -1.81. The Labute approximate surface area is 133 Å². The van der Waals surface area contributed by atoms with Gasteiger partial charge in [-0.05, 0) is 46.1 Å². The summed E-state index contributed by atoms with van der Waals surface area (Å²) in [6, 6.07) is 14.8. The summed E-state index contributed by atoms with van der Waals surface area (Å²) >= 11 is 3.39. The highest BCUT2D eigenvalue weighted by Gasteiger charge is 2.12. The molecule has 0 saturated heterocycles. The molecule has 0 unspecified atom stereocenters. The summed E-state index contributed by atoms with van der Waals surface area (Å²) in [4.78, 5) is 12.3. The molecule has 0 spiro atoms. The molecule has 0 heterocycles. The molecule has 2 rings (SSSR count). The van der Waals surface area contributed by atoms with E-state index in [2.05, 4.69) is 35.1 Å². The lowest BCUT2D eigenvalue weighted by molar-refractivity contribution is 0.102. The second-order valence-electron chi connectivity index (χ2n) is 5.13. The van der Waals surface area contributed by atoms with Gasteiger partial charge in [-0.15, -0.1) is 0 Å². The summed E-state index contributed by atoms with van der Waals surface area (Å²) in [5.74, 6) is 0.951. The number of nitrogens with one attached hydrogen (secondary N) is 1. The fraction of sp³-hybridized carbons (Fsp3) is 0.235. The van der Waals surface area contributed by atoms with Crippen molar-refractivity contribution in [1.82, 2.24) is 0 Å². The summed E-state index contributed by atoms with van der Waals surface area (Å²) < 4.78 is 6.51. The lowest BCUT2D eigenvalue weighted by Crippen LogP contribution is -2.14. The van der Waals surface area contributed by atoms with Gasteiger partial charge in [0.1, 0.15) is 5.75 Å². The molecule has 3 nitrogen and oxygen atoms in total. The molecule has 0 radical (unpaired) electrons. The smallest absolute Gasteiger partial charge is 0.256 e. The molecule has 0 saturated carbocycles. The van der Waals surface area contributed by atoms with Crippen molar-refractivity contribution in [1.29, 1.82) is 0 Å². The highest BCUT2D eigenvalue weighted by atomic mass is 79.9. The van der Waals surface area contributed by atoms with Gasteiger partial charge in [0.25, 0.3) is 5.91 Å². The quantitative estimate of drug-likeness (QED) is 0.848. The van der Waals surface area contributed by atoms with Crippen molar-refractivity contribution in [2.45, 2.75) is 13.8 Å². The molecule has 21 heavy (non-hydrogen) atoms. The summed E-state index contributed by atoms with van der Waals surface area (Å²) in [6.07, 6.45) is 0. The molecule has 4 heteroatoms. The Bertz CT molecular complexity index is 626. The van der Waals surface area contributed by atoms with E-state index in [4.69, 9.17) is 4.74 Å². The van der Waals surface area contributed by atoms with Gasteiger partial charge >= 0.3 is 0 Å². The number of amides is 1. The van der Waals surface area contributed by atoms with Gasteiger partial charge in [0.15, 0.2) is 0 Å². The number of ether oxygens (including phenoxy) is 1. The van der Waals surface area contributed by atoms with Crippen LogP contribution in [0.1, 0.15) is 24.2 Å². The number of anilines is 1. The third-order valence-corrected chi connectivity index (χ3v) is 3.52. The Morgan fingerprint density at radius 3 is 2.52 bits per heavy atom. The summed E-state index contributed by atoms with van der Waals surface area (Å²) in [6.45, 7) is 4.78. The van der Waals surface area contributed by atoms with Crippen molar-refractivity contribution >= 4 is 27.5 Å². The minimum Gasteiger partial charge on any atom is -0.491 e. The zero-order chi connectivity index (χ0) is 15.2. The first-order chi connectivity index (χ1) is 10.1. The van der Waals surface area contributed by atoms with Crippen LogP contribution >= 0.6 is 15.9 Å². The number of rotatable bonds is 5. The minimum absolute atomic E-state index is 0.164. The molecule has 2 aromatic rings. The molecule has 0 bridgehead atoms. The number of para-hydroxylation sites is 2. The Balaban J connectivity index is 2.16. The minimum atomic E-state index is -0.164. The average Bonchev–Trinajstić information content (AvgIpc) is 2.46. The van der Waals surface area contributed by atoms with Crippen molar-refractivity contribution in [2.24, 2.45) is 5.92 Å². The van der Waals surface area contributed by atoms with Crippen LogP contribution in [-0.2, 0) is 0 Å². The van der Waals surface area contributed by atoms with E-state index >= 15 is 0 Å². The first-order valence-corrected chi connectivity index (χ1v) is 7.65. The molecular weight excluding hydrogens is 330 g/mol. The predicted molar refractivity (Wildman–Crippen MR) is 88.9 cm³/mol. The second kappa shape index (κ2) is 7.27. The van der Waals surface area contributed by atoms with Crippen LogP contribution in [0.25, 0.3) is 0 Å². The van der Waals surface area contributed by atoms with E-state index in [1.165, 1.54) is 0 Å². The number of hydrogen-bond acceptors (Lipinski definition) is 2. The van der Waals surface area contributed by atoms with Crippen LogP contribution in [0, 0.1) is 5.92 Å². The molecule has 2 aromatic carbocycles. The monoisotopic (exact) mass is 347 g/mol. The first-order valence-electron chi connectivity index (χ1n) is 6.85. The normalized spacial score (nSPS) is 10.5. The van der Waals surface area contributed by atoms with E-state index in [1.807, 2.05) is 42.5 Å². The van der Waals surface area contributed by atoms with Crippen LogP contribution in [0.2, 0.25) is 0 Å². The van der Waals surface area contributed by atoms with Gasteiger partial charge in [-0.2, -0.15) is 0 Å². The Morgan fingerprint density at radius 1 is 1.14 bits per heavy atom. The van der Waals surface area contributed by atoms with Gasteiger partial charge in [0.05, 0.1) is 17.9 Å². The Kier molecular flexibility index (Phi) is 5.39. The number of halogens is 1. The largest absolute Gasteiger partial charge is 0.491 e. The van der Waals surface area contributed by atoms with Crippen molar-refractivity contribution < 1.29 is 9.53 Å². The summed E-state index contributed by atoms with van der Waals surface area (Å²) in [5.41, 5.74) is 1.27. The van der Waals surface area contributed by atoms with Gasteiger partial charge in [0, 0.05) is 4.47 Å². The fourth-order valence-electron chi connectivity index (χ4n) is 1.79. The number of carbonyl (C=O) groups excluding carboxylic acids is 1. The highest BCUT2D eigenvalue weighted by molar-refractivity contribution is 9.10. The van der Waals surface area contributed by atoms with Gasteiger partial charge in [0.2, 0.25) is 0 Å². The molecule has 0 aromatic heterocycles. The molecule has 110 valence electrons. The van der Waals surface area contributed by atoms with Crippen molar-refractivity contribution in [3.05, 3.63) is 58.6 Å². The van der Waals surface area contributed by atoms with Gasteiger partial charge in [-0.1, -0.05) is 38.1 Å². The summed E-state index contributed by atoms with van der Waals surface area (Å²) in [5, 5.41) is 2.90. The van der Waals surface area contributed by atoms with E-state index in [0.717, 1.165) is 4.47 Å². The zero-order valence-corrected chi connectivity index (χ0v) is 13.7. The van der Waals surface area contributed by atoms with E-state index < -0.39 is 0 Å². The average molecular weight is 348 g/mol. The van der Waals surface area contributed by atoms with E-state index in [1.54, 1.807) is 6.07 Å². The van der Waals surface area contributed by atoms with Crippen LogP contribution in [-0.4, -0.2) is 12.5 Å². The van der Waals surface area contributed by atoms with Gasteiger partial charge in [-0.25, -0.2) is 0 Å². The second-order valence-corrected chi connectivity index (χ2v) is 5.99. The van der Waals surface area contributed by atoms with E-state index in [0.29, 0.717) is 29.5 Å². The predicted octanol–water partition coefficient (Wildman–Crippen LogP) is 4.74. The maximum atomic E-state index is 12.3.